The first kappa shape index (κ1) is 20.3. The molecule has 0 bridgehead atoms. The van der Waals surface area contributed by atoms with Gasteiger partial charge in [-0.25, -0.2) is 13.6 Å². The fourth-order valence-corrected chi connectivity index (χ4v) is 2.80. The molecule has 0 atom stereocenters. The van der Waals surface area contributed by atoms with Gasteiger partial charge in [-0.1, -0.05) is 18.2 Å². The zero-order chi connectivity index (χ0) is 21.0. The lowest BCUT2D eigenvalue weighted by atomic mass is 10.1. The van der Waals surface area contributed by atoms with Crippen LogP contribution in [-0.2, 0) is 16.1 Å². The van der Waals surface area contributed by atoms with Crippen molar-refractivity contribution >= 4 is 22.6 Å². The second-order valence-electron chi connectivity index (χ2n) is 6.50. The SMILES string of the molecule is COc1ccc2cc(CN(C)C(=O)COC(=O)c3ccc(F)c(F)c3)ccc2c1. The number of likely N-dealkylation sites (N-methyl/N-ethyl adjacent to an activating group) is 1. The Kier molecular flexibility index (Phi) is 6.07. The average Bonchev–Trinajstić information content (AvgIpc) is 2.73. The Bertz CT molecular complexity index is 1070. The van der Waals surface area contributed by atoms with E-state index in [0.717, 1.165) is 40.3 Å². The summed E-state index contributed by atoms with van der Waals surface area (Å²) in [6, 6.07) is 14.2. The summed E-state index contributed by atoms with van der Waals surface area (Å²) in [6.45, 7) is -0.178. The summed E-state index contributed by atoms with van der Waals surface area (Å²) >= 11 is 0. The fraction of sp³-hybridized carbons (Fsp3) is 0.182. The highest BCUT2D eigenvalue weighted by molar-refractivity contribution is 5.91. The molecule has 0 aliphatic carbocycles. The van der Waals surface area contributed by atoms with Crippen molar-refractivity contribution in [3.05, 3.63) is 77.4 Å². The van der Waals surface area contributed by atoms with Crippen molar-refractivity contribution in [2.24, 2.45) is 0 Å². The number of benzene rings is 3. The van der Waals surface area contributed by atoms with Gasteiger partial charge in [-0.05, 0) is 52.7 Å². The number of rotatable bonds is 6. The maximum absolute atomic E-state index is 13.2. The van der Waals surface area contributed by atoms with Crippen molar-refractivity contribution in [2.45, 2.75) is 6.54 Å². The molecule has 1 amide bonds. The highest BCUT2D eigenvalue weighted by Crippen LogP contribution is 2.22. The summed E-state index contributed by atoms with van der Waals surface area (Å²) < 4.78 is 36.2. The monoisotopic (exact) mass is 399 g/mol. The highest BCUT2D eigenvalue weighted by atomic mass is 19.2. The van der Waals surface area contributed by atoms with Gasteiger partial charge in [0, 0.05) is 13.6 Å². The molecule has 0 radical (unpaired) electrons. The Morgan fingerprint density at radius 3 is 2.38 bits per heavy atom. The third-order valence-electron chi connectivity index (χ3n) is 4.44. The molecule has 0 aliphatic heterocycles. The van der Waals surface area contributed by atoms with E-state index in [9.17, 15) is 18.4 Å². The largest absolute Gasteiger partial charge is 0.497 e. The van der Waals surface area contributed by atoms with Gasteiger partial charge in [0.05, 0.1) is 12.7 Å². The smallest absolute Gasteiger partial charge is 0.338 e. The maximum atomic E-state index is 13.2. The minimum Gasteiger partial charge on any atom is -0.497 e. The van der Waals surface area contributed by atoms with Crippen LogP contribution in [-0.4, -0.2) is 37.5 Å². The van der Waals surface area contributed by atoms with E-state index < -0.39 is 30.1 Å². The number of esters is 1. The van der Waals surface area contributed by atoms with E-state index in [0.29, 0.717) is 6.54 Å². The van der Waals surface area contributed by atoms with Gasteiger partial charge in [-0.2, -0.15) is 0 Å². The Morgan fingerprint density at radius 1 is 0.931 bits per heavy atom. The second-order valence-corrected chi connectivity index (χ2v) is 6.50. The average molecular weight is 399 g/mol. The van der Waals surface area contributed by atoms with Gasteiger partial charge < -0.3 is 14.4 Å². The molecular formula is C22H19F2NO4. The lowest BCUT2D eigenvalue weighted by Gasteiger charge is -2.17. The zero-order valence-electron chi connectivity index (χ0n) is 15.9. The second kappa shape index (κ2) is 8.68. The Balaban J connectivity index is 1.59. The van der Waals surface area contributed by atoms with E-state index in [-0.39, 0.29) is 5.56 Å². The quantitative estimate of drug-likeness (QED) is 0.589. The van der Waals surface area contributed by atoms with E-state index in [1.54, 1.807) is 14.2 Å². The number of amides is 1. The highest BCUT2D eigenvalue weighted by Gasteiger charge is 2.15. The molecule has 3 aromatic rings. The van der Waals surface area contributed by atoms with Gasteiger partial charge in [-0.15, -0.1) is 0 Å². The van der Waals surface area contributed by atoms with Crippen LogP contribution in [0.4, 0.5) is 8.78 Å². The van der Waals surface area contributed by atoms with Gasteiger partial charge >= 0.3 is 5.97 Å². The number of carbonyl (C=O) groups is 2. The molecule has 3 aromatic carbocycles. The van der Waals surface area contributed by atoms with Gasteiger partial charge in [0.2, 0.25) is 0 Å². The summed E-state index contributed by atoms with van der Waals surface area (Å²) in [5.74, 6) is -2.77. The van der Waals surface area contributed by atoms with E-state index in [4.69, 9.17) is 9.47 Å². The minimum atomic E-state index is -1.16. The van der Waals surface area contributed by atoms with Crippen LogP contribution in [0.5, 0.6) is 5.75 Å². The third kappa shape index (κ3) is 4.87. The van der Waals surface area contributed by atoms with Crippen molar-refractivity contribution in [1.29, 1.82) is 0 Å². The molecule has 0 aliphatic rings. The minimum absolute atomic E-state index is 0.163. The first-order chi connectivity index (χ1) is 13.9. The van der Waals surface area contributed by atoms with Crippen molar-refractivity contribution in [3.8, 4) is 5.75 Å². The van der Waals surface area contributed by atoms with Crippen molar-refractivity contribution in [2.75, 3.05) is 20.8 Å². The molecule has 0 spiro atoms. The van der Waals surface area contributed by atoms with Crippen LogP contribution < -0.4 is 4.74 Å². The number of fused-ring (bicyclic) bond motifs is 1. The standard InChI is InChI=1S/C22H19F2NO4/c1-25(12-14-3-4-16-10-18(28-2)7-5-15(16)9-14)21(26)13-29-22(27)17-6-8-19(23)20(24)11-17/h3-11H,12-13H2,1-2H3. The third-order valence-corrected chi connectivity index (χ3v) is 4.44. The van der Waals surface area contributed by atoms with Crippen LogP contribution in [0.25, 0.3) is 10.8 Å². The molecule has 0 aromatic heterocycles. The number of nitrogens with zero attached hydrogens (tertiary/aromatic N) is 1. The Labute approximate surface area is 166 Å². The molecule has 0 saturated carbocycles. The van der Waals surface area contributed by atoms with Crippen molar-refractivity contribution < 1.29 is 27.8 Å². The molecule has 0 saturated heterocycles. The Morgan fingerprint density at radius 2 is 1.66 bits per heavy atom. The molecule has 5 nitrogen and oxygen atoms in total. The number of halogens is 2. The van der Waals surface area contributed by atoms with E-state index >= 15 is 0 Å². The summed E-state index contributed by atoms with van der Waals surface area (Å²) in [7, 11) is 3.20. The molecule has 0 heterocycles. The van der Waals surface area contributed by atoms with Gasteiger partial charge in [0.15, 0.2) is 18.2 Å². The predicted molar refractivity (Wildman–Crippen MR) is 104 cm³/mol. The predicted octanol–water partition coefficient (Wildman–Crippen LogP) is 3.94. The number of ether oxygens (including phenoxy) is 2. The normalized spacial score (nSPS) is 10.6. The lowest BCUT2D eigenvalue weighted by molar-refractivity contribution is -0.133. The molecular weight excluding hydrogens is 380 g/mol. The van der Waals surface area contributed by atoms with Gasteiger partial charge in [0.1, 0.15) is 5.75 Å². The molecule has 0 unspecified atom stereocenters. The van der Waals surface area contributed by atoms with Crippen LogP contribution >= 0.6 is 0 Å². The molecule has 3 rings (SSSR count). The fourth-order valence-electron chi connectivity index (χ4n) is 2.80. The van der Waals surface area contributed by atoms with Crippen LogP contribution in [0.1, 0.15) is 15.9 Å². The maximum Gasteiger partial charge on any atom is 0.338 e. The van der Waals surface area contributed by atoms with Crippen LogP contribution in [0.15, 0.2) is 54.6 Å². The topological polar surface area (TPSA) is 55.8 Å². The lowest BCUT2D eigenvalue weighted by Crippen LogP contribution is -2.30. The van der Waals surface area contributed by atoms with Crippen molar-refractivity contribution in [1.82, 2.24) is 4.90 Å². The van der Waals surface area contributed by atoms with E-state index in [1.807, 2.05) is 36.4 Å². The molecule has 0 N–H and O–H groups in total. The molecule has 0 fully saturated rings. The number of hydrogen-bond donors (Lipinski definition) is 0. The Hall–Kier alpha value is -3.48. The van der Waals surface area contributed by atoms with Gasteiger partial charge in [-0.3, -0.25) is 4.79 Å². The summed E-state index contributed by atoms with van der Waals surface area (Å²) in [5, 5.41) is 2.02. The first-order valence-corrected chi connectivity index (χ1v) is 8.80. The molecule has 7 heteroatoms. The first-order valence-electron chi connectivity index (χ1n) is 8.80. The van der Waals surface area contributed by atoms with E-state index in [2.05, 4.69) is 0 Å². The van der Waals surface area contributed by atoms with Crippen molar-refractivity contribution in [3.63, 3.8) is 0 Å². The number of methoxy groups -OCH3 is 1. The molecule has 29 heavy (non-hydrogen) atoms. The van der Waals surface area contributed by atoms with E-state index in [1.165, 1.54) is 4.90 Å². The summed E-state index contributed by atoms with van der Waals surface area (Å²) in [5.41, 5.74) is 0.745. The summed E-state index contributed by atoms with van der Waals surface area (Å²) in [4.78, 5) is 25.6. The number of hydrogen-bond acceptors (Lipinski definition) is 4. The zero-order valence-corrected chi connectivity index (χ0v) is 15.9. The van der Waals surface area contributed by atoms with Crippen LogP contribution in [0.2, 0.25) is 0 Å². The van der Waals surface area contributed by atoms with Crippen LogP contribution in [0, 0.1) is 11.6 Å². The summed E-state index contributed by atoms with van der Waals surface area (Å²) in [6.07, 6.45) is 0. The van der Waals surface area contributed by atoms with Crippen LogP contribution in [0.3, 0.4) is 0 Å². The van der Waals surface area contributed by atoms with Gasteiger partial charge in [0.25, 0.3) is 5.91 Å². The molecule has 150 valence electrons. The number of carbonyl (C=O) groups excluding carboxylic acids is 2.